The van der Waals surface area contributed by atoms with Crippen LogP contribution in [0.25, 0.3) is 0 Å². The molecule has 15 heavy (non-hydrogen) atoms. The van der Waals surface area contributed by atoms with Gasteiger partial charge in [0.05, 0.1) is 5.75 Å². The van der Waals surface area contributed by atoms with Gasteiger partial charge >= 0.3 is 0 Å². The number of carbonyl (C=O) groups excluding carboxylic acids is 1. The Morgan fingerprint density at radius 2 is 2.47 bits per heavy atom. The SMILES string of the molecule is CCCN1C(=O)CSC1c1nccn1C. The molecule has 0 aromatic carbocycles. The van der Waals surface area contributed by atoms with Crippen LogP contribution >= 0.6 is 11.8 Å². The van der Waals surface area contributed by atoms with Gasteiger partial charge in [0.2, 0.25) is 5.91 Å². The van der Waals surface area contributed by atoms with Crippen molar-refractivity contribution in [2.75, 3.05) is 12.3 Å². The third-order valence-corrected chi connectivity index (χ3v) is 3.71. The zero-order valence-electron chi connectivity index (χ0n) is 9.01. The summed E-state index contributed by atoms with van der Waals surface area (Å²) in [5, 5.41) is 0.109. The molecule has 0 aliphatic carbocycles. The predicted molar refractivity (Wildman–Crippen MR) is 60.4 cm³/mol. The standard InChI is InChI=1S/C10H15N3OS/c1-3-5-13-8(14)7-15-10(13)9-11-4-6-12(9)2/h4,6,10H,3,5,7H2,1-2H3. The maximum atomic E-state index is 11.6. The summed E-state index contributed by atoms with van der Waals surface area (Å²) in [5.74, 6) is 1.78. The number of hydrogen-bond donors (Lipinski definition) is 0. The number of nitrogens with zero attached hydrogens (tertiary/aromatic N) is 3. The second kappa shape index (κ2) is 4.26. The Labute approximate surface area is 93.7 Å². The van der Waals surface area contributed by atoms with Crippen molar-refractivity contribution in [3.63, 3.8) is 0 Å². The lowest BCUT2D eigenvalue weighted by Gasteiger charge is -2.22. The number of rotatable bonds is 3. The van der Waals surface area contributed by atoms with Gasteiger partial charge in [-0.2, -0.15) is 0 Å². The van der Waals surface area contributed by atoms with Gasteiger partial charge in [-0.25, -0.2) is 4.98 Å². The van der Waals surface area contributed by atoms with Gasteiger partial charge in [0.25, 0.3) is 0 Å². The minimum absolute atomic E-state index is 0.109. The summed E-state index contributed by atoms with van der Waals surface area (Å²) in [6, 6.07) is 0. The monoisotopic (exact) mass is 225 g/mol. The molecule has 1 aromatic heterocycles. The molecular weight excluding hydrogens is 210 g/mol. The van der Waals surface area contributed by atoms with E-state index >= 15 is 0 Å². The number of aryl methyl sites for hydroxylation is 1. The number of hydrogen-bond acceptors (Lipinski definition) is 3. The fraction of sp³-hybridized carbons (Fsp3) is 0.600. The first-order chi connectivity index (χ1) is 7.24. The van der Waals surface area contributed by atoms with Crippen LogP contribution in [-0.4, -0.2) is 32.7 Å². The summed E-state index contributed by atoms with van der Waals surface area (Å²) >= 11 is 1.66. The highest BCUT2D eigenvalue weighted by Gasteiger charge is 2.34. The second-order valence-corrected chi connectivity index (χ2v) is 4.72. The first kappa shape index (κ1) is 10.5. The molecule has 2 rings (SSSR count). The van der Waals surface area contributed by atoms with Crippen LogP contribution < -0.4 is 0 Å². The maximum absolute atomic E-state index is 11.6. The zero-order chi connectivity index (χ0) is 10.8. The van der Waals surface area contributed by atoms with Gasteiger partial charge in [-0.05, 0) is 6.42 Å². The topological polar surface area (TPSA) is 38.1 Å². The molecule has 1 amide bonds. The van der Waals surface area contributed by atoms with E-state index in [9.17, 15) is 4.79 Å². The van der Waals surface area contributed by atoms with Gasteiger partial charge in [-0.1, -0.05) is 6.92 Å². The molecule has 0 N–H and O–H groups in total. The van der Waals surface area contributed by atoms with Gasteiger partial charge in [-0.3, -0.25) is 4.79 Å². The molecule has 1 fully saturated rings. The molecule has 0 bridgehead atoms. The van der Waals surface area contributed by atoms with Crippen LogP contribution in [0.2, 0.25) is 0 Å². The first-order valence-electron chi connectivity index (χ1n) is 5.12. The van der Waals surface area contributed by atoms with Crippen molar-refractivity contribution in [1.82, 2.24) is 14.5 Å². The van der Waals surface area contributed by atoms with E-state index in [4.69, 9.17) is 0 Å². The van der Waals surface area contributed by atoms with E-state index in [1.54, 1.807) is 18.0 Å². The quantitative estimate of drug-likeness (QED) is 0.780. The Hall–Kier alpha value is -0.970. The number of amides is 1. The Morgan fingerprint density at radius 1 is 1.67 bits per heavy atom. The van der Waals surface area contributed by atoms with Crippen molar-refractivity contribution in [2.45, 2.75) is 18.7 Å². The first-order valence-corrected chi connectivity index (χ1v) is 6.17. The molecule has 1 aromatic rings. The van der Waals surface area contributed by atoms with Crippen LogP contribution in [0, 0.1) is 0 Å². The van der Waals surface area contributed by atoms with E-state index in [0.29, 0.717) is 5.75 Å². The second-order valence-electron chi connectivity index (χ2n) is 3.65. The Bertz CT molecular complexity index is 363. The van der Waals surface area contributed by atoms with Crippen LogP contribution in [0.5, 0.6) is 0 Å². The lowest BCUT2D eigenvalue weighted by atomic mass is 10.4. The number of carbonyl (C=O) groups is 1. The molecule has 1 aliphatic rings. The van der Waals surface area contributed by atoms with Crippen molar-refractivity contribution < 1.29 is 4.79 Å². The summed E-state index contributed by atoms with van der Waals surface area (Å²) < 4.78 is 1.99. The van der Waals surface area contributed by atoms with Crippen LogP contribution in [0.4, 0.5) is 0 Å². The highest BCUT2D eigenvalue weighted by Crippen LogP contribution is 2.37. The average Bonchev–Trinajstić information content (AvgIpc) is 2.76. The molecule has 82 valence electrons. The van der Waals surface area contributed by atoms with Crippen molar-refractivity contribution >= 4 is 17.7 Å². The summed E-state index contributed by atoms with van der Waals surface area (Å²) in [4.78, 5) is 17.9. The van der Waals surface area contributed by atoms with Gasteiger partial charge in [0.1, 0.15) is 11.2 Å². The fourth-order valence-corrected chi connectivity index (χ4v) is 3.01. The normalized spacial score (nSPS) is 21.3. The van der Waals surface area contributed by atoms with E-state index in [0.717, 1.165) is 18.8 Å². The predicted octanol–water partition coefficient (Wildman–Crippen LogP) is 1.40. The smallest absolute Gasteiger partial charge is 0.233 e. The lowest BCUT2D eigenvalue weighted by molar-refractivity contribution is -0.128. The molecular formula is C10H15N3OS. The van der Waals surface area contributed by atoms with Crippen molar-refractivity contribution in [2.24, 2.45) is 7.05 Å². The fourth-order valence-electron chi connectivity index (χ4n) is 1.77. The molecule has 0 radical (unpaired) electrons. The summed E-state index contributed by atoms with van der Waals surface area (Å²) in [6.07, 6.45) is 4.69. The molecule has 0 spiro atoms. The molecule has 1 aliphatic heterocycles. The average molecular weight is 225 g/mol. The highest BCUT2D eigenvalue weighted by molar-refractivity contribution is 8.00. The molecule has 0 saturated carbocycles. The minimum Gasteiger partial charge on any atom is -0.336 e. The largest absolute Gasteiger partial charge is 0.336 e. The lowest BCUT2D eigenvalue weighted by Crippen LogP contribution is -2.30. The van der Waals surface area contributed by atoms with E-state index in [2.05, 4.69) is 11.9 Å². The van der Waals surface area contributed by atoms with E-state index < -0.39 is 0 Å². The summed E-state index contributed by atoms with van der Waals surface area (Å²) in [5.41, 5.74) is 0. The highest BCUT2D eigenvalue weighted by atomic mass is 32.2. The summed E-state index contributed by atoms with van der Waals surface area (Å²) in [6.45, 7) is 2.91. The number of imidazole rings is 1. The zero-order valence-corrected chi connectivity index (χ0v) is 9.83. The molecule has 1 saturated heterocycles. The van der Waals surface area contributed by atoms with Gasteiger partial charge in [-0.15, -0.1) is 11.8 Å². The number of aromatic nitrogens is 2. The van der Waals surface area contributed by atoms with Crippen LogP contribution in [0.15, 0.2) is 12.4 Å². The molecule has 4 nitrogen and oxygen atoms in total. The van der Waals surface area contributed by atoms with Gasteiger partial charge in [0.15, 0.2) is 0 Å². The Balaban J connectivity index is 2.22. The third kappa shape index (κ3) is 1.88. The number of thioether (sulfide) groups is 1. The Morgan fingerprint density at radius 3 is 3.07 bits per heavy atom. The summed E-state index contributed by atoms with van der Waals surface area (Å²) in [7, 11) is 1.97. The van der Waals surface area contributed by atoms with E-state index in [1.165, 1.54) is 0 Å². The van der Waals surface area contributed by atoms with Crippen LogP contribution in [-0.2, 0) is 11.8 Å². The van der Waals surface area contributed by atoms with Crippen LogP contribution in [0.1, 0.15) is 24.5 Å². The molecule has 1 unspecified atom stereocenters. The van der Waals surface area contributed by atoms with Crippen molar-refractivity contribution in [3.05, 3.63) is 18.2 Å². The molecule has 2 heterocycles. The minimum atomic E-state index is 0.109. The van der Waals surface area contributed by atoms with Gasteiger partial charge < -0.3 is 9.47 Å². The molecule has 1 atom stereocenters. The van der Waals surface area contributed by atoms with E-state index in [-0.39, 0.29) is 11.3 Å². The Kier molecular flexibility index (Phi) is 3.00. The van der Waals surface area contributed by atoms with Crippen molar-refractivity contribution in [1.29, 1.82) is 0 Å². The van der Waals surface area contributed by atoms with Crippen molar-refractivity contribution in [3.8, 4) is 0 Å². The van der Waals surface area contributed by atoms with Crippen LogP contribution in [0.3, 0.4) is 0 Å². The molecule has 5 heteroatoms. The maximum Gasteiger partial charge on any atom is 0.233 e. The van der Waals surface area contributed by atoms with Gasteiger partial charge in [0, 0.05) is 26.0 Å². The van der Waals surface area contributed by atoms with E-state index in [1.807, 2.05) is 22.7 Å². The third-order valence-electron chi connectivity index (χ3n) is 2.51.